The molecule has 5 heterocycles. The molecule has 11 heteroatoms. The maximum atomic E-state index is 12.6. The Morgan fingerprint density at radius 2 is 1.22 bits per heavy atom. The van der Waals surface area contributed by atoms with Gasteiger partial charge in [-0.05, 0) is 121 Å². The molecule has 55 heavy (non-hydrogen) atoms. The van der Waals surface area contributed by atoms with Crippen molar-refractivity contribution in [2.75, 3.05) is 26.2 Å². The number of benzene rings is 2. The lowest BCUT2D eigenvalue weighted by Gasteiger charge is -2.36. The maximum Gasteiger partial charge on any atom is 0.415 e. The van der Waals surface area contributed by atoms with Crippen molar-refractivity contribution in [1.29, 1.82) is 0 Å². The van der Waals surface area contributed by atoms with Gasteiger partial charge in [-0.15, -0.1) is 0 Å². The minimum Gasteiger partial charge on any atom is -0.409 e. The van der Waals surface area contributed by atoms with Gasteiger partial charge in [-0.3, -0.25) is 15.0 Å². The number of hydrogen-bond donors (Lipinski definition) is 1. The van der Waals surface area contributed by atoms with E-state index in [4.69, 9.17) is 61.1 Å². The Bertz CT molecular complexity index is 2250. The summed E-state index contributed by atoms with van der Waals surface area (Å²) in [5, 5.41) is 6.38. The number of fused-ring (bicyclic) bond motifs is 4. The zero-order valence-electron chi connectivity index (χ0n) is 30.0. The lowest BCUT2D eigenvalue weighted by molar-refractivity contribution is 0.128. The first-order valence-electron chi connectivity index (χ1n) is 18.7. The van der Waals surface area contributed by atoms with Crippen LogP contribution in [0.15, 0.2) is 85.5 Å². The van der Waals surface area contributed by atoms with E-state index in [1.165, 1.54) is 22.9 Å². The van der Waals surface area contributed by atoms with Crippen molar-refractivity contribution in [2.45, 2.75) is 37.5 Å². The standard InChI is InChI=1S/C25H21Cl2N3O2.C19H18Cl2N2/c26-18-4-6-20-17(14-18)3-5-21-22(27)7-11-29-24(21)23(20)16-8-12-30(13-9-16)25(31)32-19-2-1-10-28-15-19;20-14-2-4-15-13(11-14)1-3-16-17(21)7-10-23-19(16)18(15)12-5-8-22-9-6-12/h1-7,10-11,14-16,23H,8-9,12-13H2;1-4,7,10-12,18,22H,5-6,8-9H2. The van der Waals surface area contributed by atoms with E-state index in [1.54, 1.807) is 29.4 Å². The summed E-state index contributed by atoms with van der Waals surface area (Å²) in [6.45, 7) is 3.36. The van der Waals surface area contributed by atoms with Crippen LogP contribution in [0.5, 0.6) is 5.75 Å². The molecule has 0 spiro atoms. The number of piperidine rings is 2. The molecule has 2 aromatic carbocycles. The molecule has 9 rings (SSSR count). The number of carbonyl (C=O) groups is 1. The van der Waals surface area contributed by atoms with Gasteiger partial charge in [0.2, 0.25) is 0 Å². The fourth-order valence-corrected chi connectivity index (χ4v) is 9.26. The second-order valence-electron chi connectivity index (χ2n) is 14.3. The molecular weight excluding hydrogens is 772 g/mol. The van der Waals surface area contributed by atoms with E-state index in [2.05, 4.69) is 40.7 Å². The zero-order valence-corrected chi connectivity index (χ0v) is 33.0. The highest BCUT2D eigenvalue weighted by molar-refractivity contribution is 6.33. The van der Waals surface area contributed by atoms with Crippen LogP contribution >= 0.6 is 46.4 Å². The first kappa shape index (κ1) is 37.7. The number of rotatable bonds is 3. The number of nitrogens with one attached hydrogen (secondary N) is 1. The predicted molar refractivity (Wildman–Crippen MR) is 223 cm³/mol. The topological polar surface area (TPSA) is 80.2 Å². The minimum atomic E-state index is -0.340. The van der Waals surface area contributed by atoms with E-state index in [1.807, 2.05) is 48.7 Å². The highest BCUT2D eigenvalue weighted by atomic mass is 35.5. The molecule has 0 bridgehead atoms. The Morgan fingerprint density at radius 3 is 1.75 bits per heavy atom. The van der Waals surface area contributed by atoms with Crippen LogP contribution in [0.2, 0.25) is 20.1 Å². The molecular formula is C44H39Cl4N5O2. The van der Waals surface area contributed by atoms with E-state index in [-0.39, 0.29) is 17.9 Å². The number of amides is 1. The van der Waals surface area contributed by atoms with E-state index in [9.17, 15) is 4.79 Å². The van der Waals surface area contributed by atoms with Gasteiger partial charge >= 0.3 is 6.09 Å². The van der Waals surface area contributed by atoms with Crippen molar-refractivity contribution >= 4 is 76.8 Å². The van der Waals surface area contributed by atoms with E-state index < -0.39 is 0 Å². The number of likely N-dealkylation sites (tertiary alicyclic amines) is 1. The number of nitrogens with zero attached hydrogens (tertiary/aromatic N) is 4. The number of carbonyl (C=O) groups excluding carboxylic acids is 1. The fourth-order valence-electron chi connectivity index (χ4n) is 8.46. The molecule has 0 radical (unpaired) electrons. The summed E-state index contributed by atoms with van der Waals surface area (Å²) in [7, 11) is 0. The Labute approximate surface area is 341 Å². The van der Waals surface area contributed by atoms with Gasteiger partial charge in [0.25, 0.3) is 0 Å². The summed E-state index contributed by atoms with van der Waals surface area (Å²) < 4.78 is 5.47. The van der Waals surface area contributed by atoms with Crippen LogP contribution in [-0.4, -0.2) is 52.1 Å². The molecule has 2 aliphatic heterocycles. The van der Waals surface area contributed by atoms with Gasteiger partial charge in [0.15, 0.2) is 5.75 Å². The van der Waals surface area contributed by atoms with Crippen LogP contribution in [0.3, 0.4) is 0 Å². The third-order valence-electron chi connectivity index (χ3n) is 11.1. The van der Waals surface area contributed by atoms with Gasteiger partial charge in [0, 0.05) is 64.7 Å². The van der Waals surface area contributed by atoms with Gasteiger partial charge in [0.05, 0.1) is 27.6 Å². The van der Waals surface area contributed by atoms with Crippen LogP contribution in [0.4, 0.5) is 4.79 Å². The average molecular weight is 812 g/mol. The molecule has 2 unspecified atom stereocenters. The summed E-state index contributed by atoms with van der Waals surface area (Å²) >= 11 is 25.5. The molecule has 4 aliphatic rings. The molecule has 1 amide bonds. The minimum absolute atomic E-state index is 0.0717. The SMILES string of the molecule is Clc1ccc2c(c1)C=Cc1c(Cl)ccnc1C2C1CCNCC1.O=C(Oc1cccnc1)N1CCC(C2c3ccc(Cl)cc3C=Cc3c(Cl)ccnc32)CC1. The Kier molecular flexibility index (Phi) is 11.6. The van der Waals surface area contributed by atoms with Crippen molar-refractivity contribution in [3.8, 4) is 5.75 Å². The smallest absolute Gasteiger partial charge is 0.409 e. The van der Waals surface area contributed by atoms with Gasteiger partial charge in [-0.1, -0.05) is 82.8 Å². The van der Waals surface area contributed by atoms with E-state index in [0.29, 0.717) is 40.7 Å². The Balaban J connectivity index is 0.000000164. The van der Waals surface area contributed by atoms with Gasteiger partial charge in [-0.2, -0.15) is 0 Å². The summed E-state index contributed by atoms with van der Waals surface area (Å²) in [5.41, 5.74) is 8.83. The molecule has 2 aliphatic carbocycles. The monoisotopic (exact) mass is 809 g/mol. The van der Waals surface area contributed by atoms with Crippen LogP contribution < -0.4 is 10.1 Å². The van der Waals surface area contributed by atoms with Crippen molar-refractivity contribution in [3.05, 3.63) is 150 Å². The zero-order chi connectivity index (χ0) is 37.9. The van der Waals surface area contributed by atoms with Gasteiger partial charge < -0.3 is 15.0 Å². The highest BCUT2D eigenvalue weighted by Gasteiger charge is 2.35. The number of hydrogen-bond acceptors (Lipinski definition) is 6. The molecule has 0 saturated carbocycles. The molecule has 5 aromatic rings. The molecule has 2 atom stereocenters. The van der Waals surface area contributed by atoms with Crippen LogP contribution in [0, 0.1) is 11.8 Å². The van der Waals surface area contributed by atoms with Gasteiger partial charge in [0.1, 0.15) is 0 Å². The van der Waals surface area contributed by atoms with E-state index >= 15 is 0 Å². The highest BCUT2D eigenvalue weighted by Crippen LogP contribution is 2.45. The van der Waals surface area contributed by atoms with Crippen molar-refractivity contribution in [3.63, 3.8) is 0 Å². The Hall–Kier alpha value is -4.24. The first-order chi connectivity index (χ1) is 26.8. The fraction of sp³-hybridized carbons (Fsp3) is 0.273. The summed E-state index contributed by atoms with van der Waals surface area (Å²) in [5.74, 6) is 1.67. The number of halogens is 4. The van der Waals surface area contributed by atoms with Crippen molar-refractivity contribution in [1.82, 2.24) is 25.2 Å². The average Bonchev–Trinajstić information content (AvgIpc) is 3.47. The van der Waals surface area contributed by atoms with Crippen molar-refractivity contribution < 1.29 is 9.53 Å². The molecule has 2 fully saturated rings. The normalized spacial score (nSPS) is 19.1. The maximum absolute atomic E-state index is 12.6. The second kappa shape index (κ2) is 16.9. The van der Waals surface area contributed by atoms with Crippen LogP contribution in [0.1, 0.15) is 82.3 Å². The number of aromatic nitrogens is 3. The quantitative estimate of drug-likeness (QED) is 0.195. The summed E-state index contributed by atoms with van der Waals surface area (Å²) in [6.07, 6.45) is 18.7. The largest absolute Gasteiger partial charge is 0.415 e. The van der Waals surface area contributed by atoms with Crippen molar-refractivity contribution in [2.24, 2.45) is 11.8 Å². The molecule has 280 valence electrons. The molecule has 1 N–H and O–H groups in total. The van der Waals surface area contributed by atoms with Gasteiger partial charge in [-0.25, -0.2) is 4.79 Å². The molecule has 7 nitrogen and oxygen atoms in total. The third-order valence-corrected chi connectivity index (χ3v) is 12.2. The van der Waals surface area contributed by atoms with Crippen LogP contribution in [0.25, 0.3) is 24.3 Å². The van der Waals surface area contributed by atoms with Crippen LogP contribution in [-0.2, 0) is 0 Å². The Morgan fingerprint density at radius 1 is 0.673 bits per heavy atom. The molecule has 2 saturated heterocycles. The third kappa shape index (κ3) is 8.18. The van der Waals surface area contributed by atoms with E-state index in [0.717, 1.165) is 76.9 Å². The lowest BCUT2D eigenvalue weighted by Crippen LogP contribution is -2.41. The first-order valence-corrected chi connectivity index (χ1v) is 20.2. The molecule has 3 aromatic heterocycles. The number of pyridine rings is 3. The summed E-state index contributed by atoms with van der Waals surface area (Å²) in [4.78, 5) is 27.8. The second-order valence-corrected chi connectivity index (χ2v) is 16.0. The predicted octanol–water partition coefficient (Wildman–Crippen LogP) is 11.3. The summed E-state index contributed by atoms with van der Waals surface area (Å²) in [6, 6.07) is 19.4. The number of ether oxygens (including phenoxy) is 1. The lowest BCUT2D eigenvalue weighted by atomic mass is 9.76.